The summed E-state index contributed by atoms with van der Waals surface area (Å²) in [6, 6.07) is 9.34. The van der Waals surface area contributed by atoms with E-state index in [1.165, 1.54) is 10.9 Å². The predicted molar refractivity (Wildman–Crippen MR) is 140 cm³/mol. The third kappa shape index (κ3) is 8.63. The SMILES string of the molecule is CNc1nc(OCc2ccccc2)nc2c1ncn2[C@H]1C[C@@H](OC(C)=O)[C@@H](COP(=O)(O)OP(=O)(O)OP(=O)(O)O)O1. The number of rotatable bonds is 13. The number of nitrogens with zero attached hydrogens (tertiary/aromatic N) is 4. The van der Waals surface area contributed by atoms with Crippen LogP contribution in [0.1, 0.15) is 25.1 Å². The molecule has 42 heavy (non-hydrogen) atoms. The number of aromatic nitrogens is 4. The number of benzene rings is 1. The number of hydrogen-bond donors (Lipinski definition) is 5. The van der Waals surface area contributed by atoms with Crippen LogP contribution in [-0.2, 0) is 47.7 Å². The topological polar surface area (TPSA) is 260 Å². The van der Waals surface area contributed by atoms with Crippen LogP contribution in [-0.4, -0.2) is 70.9 Å². The summed E-state index contributed by atoms with van der Waals surface area (Å²) < 4.78 is 65.1. The van der Waals surface area contributed by atoms with Gasteiger partial charge in [-0.2, -0.15) is 18.6 Å². The van der Waals surface area contributed by atoms with Crippen molar-refractivity contribution in [2.24, 2.45) is 0 Å². The third-order valence-electron chi connectivity index (χ3n) is 5.47. The quantitative estimate of drug-likeness (QED) is 0.130. The first kappa shape index (κ1) is 32.1. The number of anilines is 1. The van der Waals surface area contributed by atoms with Gasteiger partial charge in [-0.3, -0.25) is 13.9 Å². The van der Waals surface area contributed by atoms with Gasteiger partial charge in [-0.15, -0.1) is 0 Å². The van der Waals surface area contributed by atoms with E-state index in [-0.39, 0.29) is 24.7 Å². The molecule has 0 bridgehead atoms. The molecule has 2 aromatic heterocycles. The van der Waals surface area contributed by atoms with Crippen LogP contribution in [0.2, 0.25) is 0 Å². The summed E-state index contributed by atoms with van der Waals surface area (Å²) in [6.45, 7) is 0.482. The number of carbonyl (C=O) groups excluding carboxylic acids is 1. The fourth-order valence-corrected chi connectivity index (χ4v) is 6.93. The number of nitrogens with one attached hydrogen (secondary N) is 1. The van der Waals surface area contributed by atoms with Crippen LogP contribution in [0.3, 0.4) is 0 Å². The van der Waals surface area contributed by atoms with E-state index in [0.717, 1.165) is 12.5 Å². The van der Waals surface area contributed by atoms with Gasteiger partial charge in [-0.05, 0) is 5.56 Å². The largest absolute Gasteiger partial charge is 0.490 e. The molecule has 3 aromatic rings. The van der Waals surface area contributed by atoms with Gasteiger partial charge in [-0.25, -0.2) is 18.7 Å². The molecule has 5 N–H and O–H groups in total. The Balaban J connectivity index is 1.53. The first-order valence-corrected chi connectivity index (χ1v) is 16.4. The minimum Gasteiger partial charge on any atom is -0.460 e. The van der Waals surface area contributed by atoms with Crippen LogP contribution < -0.4 is 10.1 Å². The lowest BCUT2D eigenvalue weighted by molar-refractivity contribution is -0.150. The number of ether oxygens (including phenoxy) is 3. The number of imidazole rings is 1. The van der Waals surface area contributed by atoms with E-state index < -0.39 is 54.5 Å². The molecule has 5 atom stereocenters. The second kappa shape index (κ2) is 12.8. The number of hydrogen-bond acceptors (Lipinski definition) is 14. The van der Waals surface area contributed by atoms with Crippen molar-refractivity contribution in [3.63, 3.8) is 0 Å². The van der Waals surface area contributed by atoms with Crippen LogP contribution in [0.5, 0.6) is 6.01 Å². The maximum absolute atomic E-state index is 12.2. The summed E-state index contributed by atoms with van der Waals surface area (Å²) in [5.41, 5.74) is 1.51. The lowest BCUT2D eigenvalue weighted by atomic mass is 10.2. The zero-order valence-corrected chi connectivity index (χ0v) is 24.5. The summed E-state index contributed by atoms with van der Waals surface area (Å²) in [5.74, 6) is -0.361. The van der Waals surface area contributed by atoms with Gasteiger partial charge in [0.15, 0.2) is 17.0 Å². The second-order valence-electron chi connectivity index (χ2n) is 8.60. The van der Waals surface area contributed by atoms with Crippen LogP contribution in [0.15, 0.2) is 36.7 Å². The summed E-state index contributed by atoms with van der Waals surface area (Å²) in [5, 5.41) is 2.91. The first-order chi connectivity index (χ1) is 19.6. The van der Waals surface area contributed by atoms with E-state index in [1.807, 2.05) is 30.3 Å². The Kier molecular flexibility index (Phi) is 9.82. The maximum atomic E-state index is 12.2. The Morgan fingerprint density at radius 1 is 1.10 bits per heavy atom. The Morgan fingerprint density at radius 3 is 2.45 bits per heavy atom. The van der Waals surface area contributed by atoms with Crippen molar-refractivity contribution < 1.29 is 65.4 Å². The number of phosphoric ester groups is 1. The van der Waals surface area contributed by atoms with Crippen molar-refractivity contribution in [2.45, 2.75) is 38.4 Å². The number of fused-ring (bicyclic) bond motifs is 1. The van der Waals surface area contributed by atoms with E-state index >= 15 is 0 Å². The molecule has 22 heteroatoms. The average molecular weight is 653 g/mol. The summed E-state index contributed by atoms with van der Waals surface area (Å²) in [6.07, 6.45) is -1.79. The highest BCUT2D eigenvalue weighted by atomic mass is 31.3. The number of esters is 1. The molecule has 2 unspecified atom stereocenters. The zero-order valence-electron chi connectivity index (χ0n) is 21.8. The molecule has 19 nitrogen and oxygen atoms in total. The molecule has 3 heterocycles. The molecule has 0 saturated carbocycles. The fourth-order valence-electron chi connectivity index (χ4n) is 3.90. The Bertz CT molecular complexity index is 1570. The van der Waals surface area contributed by atoms with Crippen molar-refractivity contribution in [2.75, 3.05) is 19.0 Å². The van der Waals surface area contributed by atoms with Crippen molar-refractivity contribution in [1.29, 1.82) is 0 Å². The lowest BCUT2D eigenvalue weighted by Gasteiger charge is -2.20. The van der Waals surface area contributed by atoms with Gasteiger partial charge in [0.2, 0.25) is 0 Å². The normalized spacial score (nSPS) is 21.9. The highest BCUT2D eigenvalue weighted by Crippen LogP contribution is 2.66. The van der Waals surface area contributed by atoms with Crippen molar-refractivity contribution in [3.05, 3.63) is 42.2 Å². The van der Waals surface area contributed by atoms with E-state index in [1.54, 1.807) is 7.05 Å². The molecule has 1 saturated heterocycles. The number of carbonyl (C=O) groups is 1. The molecular formula is C20H26N5O14P3. The van der Waals surface area contributed by atoms with Gasteiger partial charge >= 0.3 is 35.4 Å². The Morgan fingerprint density at radius 2 is 1.81 bits per heavy atom. The van der Waals surface area contributed by atoms with E-state index in [9.17, 15) is 28.3 Å². The molecule has 0 amide bonds. The van der Waals surface area contributed by atoms with E-state index in [0.29, 0.717) is 11.3 Å². The molecule has 1 aromatic carbocycles. The van der Waals surface area contributed by atoms with E-state index in [2.05, 4.69) is 33.4 Å². The highest BCUT2D eigenvalue weighted by molar-refractivity contribution is 7.66. The molecule has 1 aliphatic heterocycles. The summed E-state index contributed by atoms with van der Waals surface area (Å²) in [7, 11) is -15.1. The summed E-state index contributed by atoms with van der Waals surface area (Å²) in [4.78, 5) is 61.3. The standard InChI is InChI=1S/C20H26N5O14P3/c1-12(26)36-14-8-16(37-15(14)10-35-41(30,31)39-42(32,33)38-40(27,28)29)25-11-22-17-18(21-2)23-20(24-19(17)25)34-9-13-6-4-3-5-7-13/h3-7,11,14-16H,8-10H2,1-2H3,(H,30,31)(H,32,33)(H,21,23,24)(H2,27,28,29)/t14-,15-,16-/m1/s1. The molecule has 4 rings (SSSR count). The van der Waals surface area contributed by atoms with Crippen LogP contribution >= 0.6 is 23.5 Å². The molecule has 1 aliphatic rings. The van der Waals surface area contributed by atoms with Gasteiger partial charge in [0.25, 0.3) is 0 Å². The highest BCUT2D eigenvalue weighted by Gasteiger charge is 2.44. The Hall–Kier alpha value is -2.79. The monoisotopic (exact) mass is 653 g/mol. The van der Waals surface area contributed by atoms with Crippen LogP contribution in [0, 0.1) is 0 Å². The van der Waals surface area contributed by atoms with Gasteiger partial charge in [0, 0.05) is 20.4 Å². The zero-order chi connectivity index (χ0) is 30.7. The van der Waals surface area contributed by atoms with Crippen molar-refractivity contribution >= 4 is 46.4 Å². The van der Waals surface area contributed by atoms with Crippen LogP contribution in [0.25, 0.3) is 11.2 Å². The Labute approximate surface area is 237 Å². The molecular weight excluding hydrogens is 627 g/mol. The van der Waals surface area contributed by atoms with Crippen molar-refractivity contribution in [1.82, 2.24) is 19.5 Å². The minimum absolute atomic E-state index is 0.00540. The second-order valence-corrected chi connectivity index (χ2v) is 13.0. The predicted octanol–water partition coefficient (Wildman–Crippen LogP) is 2.01. The first-order valence-electron chi connectivity index (χ1n) is 11.8. The molecule has 0 spiro atoms. The lowest BCUT2D eigenvalue weighted by Crippen LogP contribution is -2.30. The van der Waals surface area contributed by atoms with Gasteiger partial charge < -0.3 is 39.1 Å². The molecule has 230 valence electrons. The summed E-state index contributed by atoms with van der Waals surface area (Å²) >= 11 is 0. The maximum Gasteiger partial charge on any atom is 0.490 e. The van der Waals surface area contributed by atoms with Crippen LogP contribution in [0.4, 0.5) is 5.82 Å². The van der Waals surface area contributed by atoms with Gasteiger partial charge in [0.05, 0.1) is 12.9 Å². The third-order valence-corrected chi connectivity index (χ3v) is 9.28. The fraction of sp³-hybridized carbons (Fsp3) is 0.400. The van der Waals surface area contributed by atoms with E-state index in [4.69, 9.17) is 24.0 Å². The average Bonchev–Trinajstić information content (AvgIpc) is 3.47. The molecule has 1 fully saturated rings. The van der Waals surface area contributed by atoms with Gasteiger partial charge in [-0.1, -0.05) is 30.3 Å². The smallest absolute Gasteiger partial charge is 0.460 e. The molecule has 0 aliphatic carbocycles. The molecule has 0 radical (unpaired) electrons. The minimum atomic E-state index is -5.72. The van der Waals surface area contributed by atoms with Gasteiger partial charge in [0.1, 0.15) is 25.0 Å². The van der Waals surface area contributed by atoms with Crippen molar-refractivity contribution in [3.8, 4) is 6.01 Å². The number of phosphoric acid groups is 3.